The number of nitrogens with one attached hydrogen (secondary N) is 1. The quantitative estimate of drug-likeness (QED) is 0.727. The molecule has 4 nitrogen and oxygen atoms in total. The van der Waals surface area contributed by atoms with Crippen molar-refractivity contribution >= 4 is 23.6 Å². The minimum Gasteiger partial charge on any atom is -0.481 e. The number of aliphatic carboxylic acids is 1. The molecule has 0 aromatic rings. The van der Waals surface area contributed by atoms with Crippen LogP contribution in [0.25, 0.3) is 0 Å². The van der Waals surface area contributed by atoms with Gasteiger partial charge in [0.25, 0.3) is 0 Å². The highest BCUT2D eigenvalue weighted by Crippen LogP contribution is 2.20. The van der Waals surface area contributed by atoms with Gasteiger partial charge in [-0.2, -0.15) is 11.8 Å². The number of carboxylic acid groups (broad SMARTS) is 1. The summed E-state index contributed by atoms with van der Waals surface area (Å²) in [6.07, 6.45) is 1.79. The molecule has 0 heterocycles. The SMILES string of the molecule is CSCC(=O)NC(C)(CC(=O)O)C(C)C. The first-order valence-electron chi connectivity index (χ1n) is 4.83. The fourth-order valence-electron chi connectivity index (χ4n) is 1.19. The van der Waals surface area contributed by atoms with Gasteiger partial charge in [-0.3, -0.25) is 9.59 Å². The average molecular weight is 233 g/mol. The second-order valence-corrected chi connectivity index (χ2v) is 4.99. The number of thioether (sulfide) groups is 1. The summed E-state index contributed by atoms with van der Waals surface area (Å²) in [7, 11) is 0. The van der Waals surface area contributed by atoms with Gasteiger partial charge >= 0.3 is 5.97 Å². The molecule has 1 atom stereocenters. The van der Waals surface area contributed by atoms with Gasteiger partial charge in [-0.05, 0) is 19.1 Å². The van der Waals surface area contributed by atoms with Crippen LogP contribution in [0.5, 0.6) is 0 Å². The van der Waals surface area contributed by atoms with Gasteiger partial charge in [-0.15, -0.1) is 0 Å². The molecule has 0 aliphatic rings. The van der Waals surface area contributed by atoms with Crippen LogP contribution in [0.15, 0.2) is 0 Å². The van der Waals surface area contributed by atoms with Gasteiger partial charge in [0.2, 0.25) is 5.91 Å². The number of hydrogen-bond donors (Lipinski definition) is 2. The molecule has 0 aliphatic carbocycles. The lowest BCUT2D eigenvalue weighted by Gasteiger charge is -2.33. The number of rotatable bonds is 6. The van der Waals surface area contributed by atoms with Crippen LogP contribution in [-0.4, -0.2) is 34.5 Å². The summed E-state index contributed by atoms with van der Waals surface area (Å²) in [5, 5.41) is 11.6. The van der Waals surface area contributed by atoms with Crippen LogP contribution in [0.4, 0.5) is 0 Å². The minimum absolute atomic E-state index is 0.0508. The normalized spacial score (nSPS) is 14.7. The summed E-state index contributed by atoms with van der Waals surface area (Å²) < 4.78 is 0. The van der Waals surface area contributed by atoms with E-state index in [0.717, 1.165) is 0 Å². The summed E-state index contributed by atoms with van der Waals surface area (Å²) in [6, 6.07) is 0. The van der Waals surface area contributed by atoms with Crippen LogP contribution in [0.2, 0.25) is 0 Å². The van der Waals surface area contributed by atoms with Crippen molar-refractivity contribution in [3.63, 3.8) is 0 Å². The van der Waals surface area contributed by atoms with Gasteiger partial charge in [-0.25, -0.2) is 0 Å². The molecule has 2 N–H and O–H groups in total. The van der Waals surface area contributed by atoms with Crippen LogP contribution >= 0.6 is 11.8 Å². The molecule has 0 aliphatic heterocycles. The highest BCUT2D eigenvalue weighted by atomic mass is 32.2. The largest absolute Gasteiger partial charge is 0.481 e. The van der Waals surface area contributed by atoms with Gasteiger partial charge < -0.3 is 10.4 Å². The van der Waals surface area contributed by atoms with E-state index in [1.165, 1.54) is 11.8 Å². The van der Waals surface area contributed by atoms with E-state index in [0.29, 0.717) is 5.75 Å². The Kier molecular flexibility index (Phi) is 5.72. The summed E-state index contributed by atoms with van der Waals surface area (Å²) in [4.78, 5) is 22.1. The Morgan fingerprint density at radius 1 is 1.47 bits per heavy atom. The molecule has 0 spiro atoms. The number of carbonyl (C=O) groups excluding carboxylic acids is 1. The van der Waals surface area contributed by atoms with E-state index < -0.39 is 11.5 Å². The summed E-state index contributed by atoms with van der Waals surface area (Å²) in [5.41, 5.74) is -0.668. The third-order valence-electron chi connectivity index (χ3n) is 2.49. The third-order valence-corrected chi connectivity index (χ3v) is 3.04. The molecule has 0 rings (SSSR count). The van der Waals surface area contributed by atoms with Crippen LogP contribution in [-0.2, 0) is 9.59 Å². The lowest BCUT2D eigenvalue weighted by molar-refractivity contribution is -0.139. The van der Waals surface area contributed by atoms with Gasteiger partial charge in [-0.1, -0.05) is 13.8 Å². The summed E-state index contributed by atoms with van der Waals surface area (Å²) in [5.74, 6) is -0.558. The molecule has 0 saturated carbocycles. The van der Waals surface area contributed by atoms with Crippen molar-refractivity contribution < 1.29 is 14.7 Å². The first-order chi connectivity index (χ1) is 6.81. The summed E-state index contributed by atoms with van der Waals surface area (Å²) >= 11 is 1.42. The van der Waals surface area contributed by atoms with Crippen molar-refractivity contribution in [3.8, 4) is 0 Å². The van der Waals surface area contributed by atoms with Crippen LogP contribution in [0.1, 0.15) is 27.2 Å². The lowest BCUT2D eigenvalue weighted by Crippen LogP contribution is -2.51. The van der Waals surface area contributed by atoms with Crippen molar-refractivity contribution in [1.82, 2.24) is 5.32 Å². The van der Waals surface area contributed by atoms with Crippen molar-refractivity contribution in [3.05, 3.63) is 0 Å². The molecule has 0 aromatic heterocycles. The average Bonchev–Trinajstić information content (AvgIpc) is 2.01. The number of carbonyl (C=O) groups is 2. The van der Waals surface area contributed by atoms with Gasteiger partial charge in [0.15, 0.2) is 0 Å². The van der Waals surface area contributed by atoms with Crippen molar-refractivity contribution in [2.45, 2.75) is 32.7 Å². The molecule has 88 valence electrons. The van der Waals surface area contributed by atoms with Crippen LogP contribution in [0, 0.1) is 5.92 Å². The van der Waals surface area contributed by atoms with Gasteiger partial charge in [0.1, 0.15) is 0 Å². The zero-order valence-electron chi connectivity index (χ0n) is 9.66. The van der Waals surface area contributed by atoms with Crippen LogP contribution in [0.3, 0.4) is 0 Å². The fourth-order valence-corrected chi connectivity index (χ4v) is 1.53. The molecule has 1 unspecified atom stereocenters. The highest BCUT2D eigenvalue weighted by Gasteiger charge is 2.32. The standard InChI is InChI=1S/C10H19NO3S/c1-7(2)10(3,5-9(13)14)11-8(12)6-15-4/h7H,5-6H2,1-4H3,(H,11,12)(H,13,14). The molecule has 0 aromatic carbocycles. The van der Waals surface area contributed by atoms with Gasteiger partial charge in [0, 0.05) is 5.54 Å². The van der Waals surface area contributed by atoms with E-state index in [1.54, 1.807) is 6.92 Å². The number of amides is 1. The molecule has 0 bridgehead atoms. The van der Waals surface area contributed by atoms with E-state index in [2.05, 4.69) is 5.32 Å². The third kappa shape index (κ3) is 5.06. The monoisotopic (exact) mass is 233 g/mol. The molecule has 0 saturated heterocycles. The van der Waals surface area contributed by atoms with Crippen molar-refractivity contribution in [2.24, 2.45) is 5.92 Å². The Morgan fingerprint density at radius 2 is 2.00 bits per heavy atom. The predicted molar refractivity (Wildman–Crippen MR) is 62.0 cm³/mol. The highest BCUT2D eigenvalue weighted by molar-refractivity contribution is 7.99. The smallest absolute Gasteiger partial charge is 0.305 e. The maximum atomic E-state index is 11.4. The first-order valence-corrected chi connectivity index (χ1v) is 6.23. The molecule has 0 fully saturated rings. The van der Waals surface area contributed by atoms with E-state index in [9.17, 15) is 9.59 Å². The van der Waals surface area contributed by atoms with E-state index in [1.807, 2.05) is 20.1 Å². The molecule has 15 heavy (non-hydrogen) atoms. The number of carboxylic acids is 1. The fraction of sp³-hybridized carbons (Fsp3) is 0.800. The van der Waals surface area contributed by atoms with Crippen LogP contribution < -0.4 is 5.32 Å². The molecular formula is C10H19NO3S. The first kappa shape index (κ1) is 14.3. The topological polar surface area (TPSA) is 66.4 Å². The van der Waals surface area contributed by atoms with Gasteiger partial charge in [0.05, 0.1) is 12.2 Å². The van der Waals surface area contributed by atoms with E-state index in [-0.39, 0.29) is 18.2 Å². The Bertz CT molecular complexity index is 243. The zero-order chi connectivity index (χ0) is 12.1. The predicted octanol–water partition coefficient (Wildman–Crippen LogP) is 1.35. The Labute approximate surface area is 94.8 Å². The Morgan fingerprint density at radius 3 is 2.33 bits per heavy atom. The molecular weight excluding hydrogens is 214 g/mol. The Balaban J connectivity index is 4.51. The zero-order valence-corrected chi connectivity index (χ0v) is 10.5. The van der Waals surface area contributed by atoms with E-state index >= 15 is 0 Å². The second-order valence-electron chi connectivity index (χ2n) is 4.12. The minimum atomic E-state index is -0.893. The number of hydrogen-bond acceptors (Lipinski definition) is 3. The maximum Gasteiger partial charge on any atom is 0.305 e. The lowest BCUT2D eigenvalue weighted by atomic mass is 9.85. The molecule has 0 radical (unpaired) electrons. The molecule has 1 amide bonds. The second kappa shape index (κ2) is 6.00. The Hall–Kier alpha value is -0.710. The summed E-state index contributed by atoms with van der Waals surface area (Å²) in [6.45, 7) is 5.58. The van der Waals surface area contributed by atoms with Crippen molar-refractivity contribution in [1.29, 1.82) is 0 Å². The van der Waals surface area contributed by atoms with E-state index in [4.69, 9.17) is 5.11 Å². The maximum absolute atomic E-state index is 11.4. The molecule has 5 heteroatoms. The van der Waals surface area contributed by atoms with Crippen molar-refractivity contribution in [2.75, 3.05) is 12.0 Å².